The van der Waals surface area contributed by atoms with E-state index >= 15 is 0 Å². The number of hydrogen-bond acceptors (Lipinski definition) is 1. The van der Waals surface area contributed by atoms with Crippen molar-refractivity contribution in [2.45, 2.75) is 20.3 Å². The molecule has 0 rings (SSSR count). The number of hydrogen-bond donors (Lipinski definition) is 1. The molecule has 0 aliphatic heterocycles. The summed E-state index contributed by atoms with van der Waals surface area (Å²) in [6.45, 7) is 3.99. The van der Waals surface area contributed by atoms with Crippen LogP contribution in [0.2, 0.25) is 0 Å². The van der Waals surface area contributed by atoms with Crippen molar-refractivity contribution in [2.75, 3.05) is 28.2 Å². The van der Waals surface area contributed by atoms with Crippen LogP contribution in [0.5, 0.6) is 0 Å². The molecule has 0 amide bonds. The molecule has 0 fully saturated rings. The predicted molar refractivity (Wildman–Crippen MR) is 62.2 cm³/mol. The maximum Gasteiger partial charge on any atom is 0.307 e. The third kappa shape index (κ3) is 3.45. The maximum absolute atomic E-state index is 12.4. The van der Waals surface area contributed by atoms with Crippen LogP contribution >= 0.6 is 7.59 Å². The van der Waals surface area contributed by atoms with Crippen molar-refractivity contribution < 1.29 is 4.57 Å². The van der Waals surface area contributed by atoms with Gasteiger partial charge in [0.25, 0.3) is 0 Å². The van der Waals surface area contributed by atoms with E-state index in [1.807, 2.05) is 41.2 Å². The van der Waals surface area contributed by atoms with Gasteiger partial charge < -0.3 is 5.09 Å². The van der Waals surface area contributed by atoms with Crippen molar-refractivity contribution >= 4 is 7.59 Å². The minimum absolute atomic E-state index is 0.944. The van der Waals surface area contributed by atoms with Gasteiger partial charge in [0.2, 0.25) is 0 Å². The lowest BCUT2D eigenvalue weighted by Crippen LogP contribution is -2.30. The van der Waals surface area contributed by atoms with Crippen molar-refractivity contribution in [3.8, 4) is 0 Å². The van der Waals surface area contributed by atoms with Gasteiger partial charge in [-0.2, -0.15) is 0 Å². The summed E-state index contributed by atoms with van der Waals surface area (Å²) in [4.78, 5) is 0. The molecule has 0 atom stereocenters. The average molecular weight is 219 g/mol. The fourth-order valence-corrected chi connectivity index (χ4v) is 2.81. The second kappa shape index (κ2) is 5.54. The quantitative estimate of drug-likeness (QED) is 0.718. The molecule has 0 aliphatic rings. The van der Waals surface area contributed by atoms with Crippen LogP contribution in [0.1, 0.15) is 20.3 Å². The molecule has 0 aromatic rings. The van der Waals surface area contributed by atoms with E-state index in [1.54, 1.807) is 9.34 Å². The van der Waals surface area contributed by atoms with E-state index in [-0.39, 0.29) is 0 Å². The Morgan fingerprint density at radius 3 is 2.00 bits per heavy atom. The molecule has 0 aromatic heterocycles. The van der Waals surface area contributed by atoms with Crippen LogP contribution in [0.4, 0.5) is 0 Å². The van der Waals surface area contributed by atoms with Crippen molar-refractivity contribution in [1.82, 2.24) is 14.4 Å². The third-order valence-electron chi connectivity index (χ3n) is 1.92. The molecule has 0 aliphatic carbocycles. The highest BCUT2D eigenvalue weighted by Crippen LogP contribution is 2.45. The number of allylic oxidation sites excluding steroid dienone is 2. The van der Waals surface area contributed by atoms with E-state index in [9.17, 15) is 4.57 Å². The van der Waals surface area contributed by atoms with Gasteiger partial charge in [0.1, 0.15) is 0 Å². The smallest absolute Gasteiger partial charge is 0.307 e. The molecule has 0 radical (unpaired) electrons. The number of rotatable bonds is 5. The third-order valence-corrected chi connectivity index (χ3v) is 4.73. The van der Waals surface area contributed by atoms with E-state index < -0.39 is 7.59 Å². The highest BCUT2D eigenvalue weighted by molar-refractivity contribution is 7.57. The van der Waals surface area contributed by atoms with Gasteiger partial charge in [-0.25, -0.2) is 9.34 Å². The fourth-order valence-electron chi connectivity index (χ4n) is 1.14. The van der Waals surface area contributed by atoms with Crippen molar-refractivity contribution in [3.63, 3.8) is 0 Å². The molecule has 1 N–H and O–H groups in total. The van der Waals surface area contributed by atoms with Crippen LogP contribution in [0.3, 0.4) is 0 Å². The molecule has 4 nitrogen and oxygen atoms in total. The predicted octanol–water partition coefficient (Wildman–Crippen LogP) is 2.12. The summed E-state index contributed by atoms with van der Waals surface area (Å²) in [6, 6.07) is 0. The van der Waals surface area contributed by atoms with Crippen LogP contribution in [0, 0.1) is 0 Å². The Kier molecular flexibility index (Phi) is 5.42. The molecule has 84 valence electrons. The first kappa shape index (κ1) is 13.7. The molecule has 0 unspecified atom stereocenters. The van der Waals surface area contributed by atoms with Gasteiger partial charge >= 0.3 is 7.59 Å². The SMILES string of the molecule is CC/C=C(/C)NP(=O)(N(C)C)N(C)C. The molecule has 14 heavy (non-hydrogen) atoms. The Labute approximate surface area is 87.5 Å². The topological polar surface area (TPSA) is 35.6 Å². The molecule has 0 spiro atoms. The molecular weight excluding hydrogens is 197 g/mol. The monoisotopic (exact) mass is 219 g/mol. The van der Waals surface area contributed by atoms with Crippen molar-refractivity contribution in [3.05, 3.63) is 11.8 Å². The lowest BCUT2D eigenvalue weighted by molar-refractivity contribution is 0.438. The lowest BCUT2D eigenvalue weighted by atomic mass is 10.4. The summed E-state index contributed by atoms with van der Waals surface area (Å²) < 4.78 is 15.8. The van der Waals surface area contributed by atoms with E-state index in [2.05, 4.69) is 12.0 Å². The molecule has 0 saturated heterocycles. The number of nitrogens with one attached hydrogen (secondary N) is 1. The van der Waals surface area contributed by atoms with Crippen LogP contribution < -0.4 is 5.09 Å². The highest BCUT2D eigenvalue weighted by atomic mass is 31.2. The van der Waals surface area contributed by atoms with Crippen LogP contribution in [-0.2, 0) is 4.57 Å². The molecule has 0 aromatic carbocycles. The molecule has 5 heteroatoms. The van der Waals surface area contributed by atoms with Gasteiger partial charge in [-0.15, -0.1) is 0 Å². The van der Waals surface area contributed by atoms with Gasteiger partial charge in [0.15, 0.2) is 0 Å². The summed E-state index contributed by atoms with van der Waals surface area (Å²) in [6.07, 6.45) is 2.97. The Morgan fingerprint density at radius 2 is 1.71 bits per heavy atom. The second-order valence-electron chi connectivity index (χ2n) is 3.65. The molecule has 0 bridgehead atoms. The Balaban J connectivity index is 4.72. The first-order valence-corrected chi connectivity index (χ1v) is 6.36. The van der Waals surface area contributed by atoms with Crippen molar-refractivity contribution in [1.29, 1.82) is 0 Å². The minimum Gasteiger partial charge on any atom is -0.317 e. The zero-order valence-electron chi connectivity index (χ0n) is 10.0. The first-order chi connectivity index (χ1) is 6.34. The minimum atomic E-state index is -2.60. The van der Waals surface area contributed by atoms with E-state index in [0.29, 0.717) is 0 Å². The van der Waals surface area contributed by atoms with Crippen molar-refractivity contribution in [2.24, 2.45) is 0 Å². The van der Waals surface area contributed by atoms with Crippen LogP contribution in [0.15, 0.2) is 11.8 Å². The normalized spacial score (nSPS) is 13.9. The summed E-state index contributed by atoms with van der Waals surface area (Å²) in [7, 11) is 4.65. The van der Waals surface area contributed by atoms with Crippen LogP contribution in [0.25, 0.3) is 0 Å². The van der Waals surface area contributed by atoms with Gasteiger partial charge in [0, 0.05) is 5.70 Å². The Morgan fingerprint density at radius 1 is 1.29 bits per heavy atom. The molecule has 0 heterocycles. The fraction of sp³-hybridized carbons (Fsp3) is 0.778. The van der Waals surface area contributed by atoms with E-state index in [4.69, 9.17) is 0 Å². The largest absolute Gasteiger partial charge is 0.317 e. The van der Waals surface area contributed by atoms with Gasteiger partial charge in [-0.1, -0.05) is 13.0 Å². The van der Waals surface area contributed by atoms with Gasteiger partial charge in [-0.3, -0.25) is 4.57 Å². The first-order valence-electron chi connectivity index (χ1n) is 4.75. The van der Waals surface area contributed by atoms with E-state index in [0.717, 1.165) is 12.1 Å². The number of nitrogens with zero attached hydrogens (tertiary/aromatic N) is 2. The van der Waals surface area contributed by atoms with Crippen LogP contribution in [-0.4, -0.2) is 37.5 Å². The highest BCUT2D eigenvalue weighted by Gasteiger charge is 2.27. The Bertz CT molecular complexity index is 236. The Hall–Kier alpha value is -0.310. The lowest BCUT2D eigenvalue weighted by Gasteiger charge is -2.31. The van der Waals surface area contributed by atoms with Gasteiger partial charge in [0.05, 0.1) is 0 Å². The maximum atomic E-state index is 12.4. The summed E-state index contributed by atoms with van der Waals surface area (Å²) >= 11 is 0. The average Bonchev–Trinajstić information content (AvgIpc) is 2.03. The van der Waals surface area contributed by atoms with Gasteiger partial charge in [-0.05, 0) is 41.5 Å². The summed E-state index contributed by atoms with van der Waals surface area (Å²) in [5.74, 6) is 0. The summed E-state index contributed by atoms with van der Waals surface area (Å²) in [5, 5.41) is 3.06. The second-order valence-corrected chi connectivity index (χ2v) is 6.56. The zero-order chi connectivity index (χ0) is 11.4. The van der Waals surface area contributed by atoms with E-state index in [1.165, 1.54) is 0 Å². The summed E-state index contributed by atoms with van der Waals surface area (Å²) in [5.41, 5.74) is 0.957. The molecular formula is C9H22N3OP. The molecule has 0 saturated carbocycles. The standard InChI is InChI=1S/C9H22N3OP/c1-7-8-9(2)10-14(13,11(3)4)12(5)6/h8H,7H2,1-6H3,(H,10,13)/b9-8-. The zero-order valence-corrected chi connectivity index (χ0v) is 10.9.